The minimum absolute atomic E-state index is 0.0650. The molecule has 1 fully saturated rings. The van der Waals surface area contributed by atoms with Crippen LogP contribution in [0, 0.1) is 0 Å². The Labute approximate surface area is 192 Å². The highest BCUT2D eigenvalue weighted by Crippen LogP contribution is 2.26. The molecule has 4 rings (SSSR count). The van der Waals surface area contributed by atoms with Crippen molar-refractivity contribution in [1.29, 1.82) is 0 Å². The van der Waals surface area contributed by atoms with Gasteiger partial charge in [0.15, 0.2) is 11.0 Å². The quantitative estimate of drug-likeness (QED) is 0.482. The number of anilines is 1. The van der Waals surface area contributed by atoms with Crippen LogP contribution in [0.3, 0.4) is 0 Å². The summed E-state index contributed by atoms with van der Waals surface area (Å²) in [6, 6.07) is 14.7. The lowest BCUT2D eigenvalue weighted by Gasteiger charge is -2.16. The fraction of sp³-hybridized carbons (Fsp3) is 0.318. The monoisotopic (exact) mass is 477 g/mol. The smallest absolute Gasteiger partial charge is 0.406 e. The first kappa shape index (κ1) is 23.1. The second kappa shape index (κ2) is 10.3. The van der Waals surface area contributed by atoms with Gasteiger partial charge in [0.1, 0.15) is 5.75 Å². The highest BCUT2D eigenvalue weighted by atomic mass is 32.2. The first-order chi connectivity index (χ1) is 15.9. The molecule has 33 heavy (non-hydrogen) atoms. The molecule has 1 aliphatic rings. The standard InChI is InChI=1S/C22H22F3N5O2S/c23-22(24,25)32-18-10-8-16(9-11-18)26-20(31)15-33-21-28-27-19(14-29-12-4-5-13-29)30(21)17-6-2-1-3-7-17/h1-3,6-11H,4-5,12-15H2,(H,26,31). The summed E-state index contributed by atoms with van der Waals surface area (Å²) in [5.41, 5.74) is 1.29. The molecule has 1 saturated heterocycles. The summed E-state index contributed by atoms with van der Waals surface area (Å²) in [6.07, 6.45) is -2.42. The number of amides is 1. The van der Waals surface area contributed by atoms with Gasteiger partial charge in [-0.1, -0.05) is 30.0 Å². The minimum atomic E-state index is -4.76. The molecule has 1 amide bonds. The maximum Gasteiger partial charge on any atom is 0.573 e. The van der Waals surface area contributed by atoms with E-state index in [4.69, 9.17) is 0 Å². The fourth-order valence-corrected chi connectivity index (χ4v) is 4.31. The van der Waals surface area contributed by atoms with Crippen LogP contribution >= 0.6 is 11.8 Å². The number of hydrogen-bond donors (Lipinski definition) is 1. The van der Waals surface area contributed by atoms with Crippen LogP contribution in [0.4, 0.5) is 18.9 Å². The number of nitrogens with one attached hydrogen (secondary N) is 1. The van der Waals surface area contributed by atoms with Crippen molar-refractivity contribution >= 4 is 23.4 Å². The van der Waals surface area contributed by atoms with Gasteiger partial charge in [-0.05, 0) is 62.3 Å². The van der Waals surface area contributed by atoms with Crippen LogP contribution in [0.1, 0.15) is 18.7 Å². The van der Waals surface area contributed by atoms with E-state index in [1.54, 1.807) is 0 Å². The largest absolute Gasteiger partial charge is 0.573 e. The summed E-state index contributed by atoms with van der Waals surface area (Å²) in [5, 5.41) is 11.9. The van der Waals surface area contributed by atoms with Crippen LogP contribution in [-0.4, -0.2) is 50.8 Å². The molecule has 0 spiro atoms. The molecule has 1 N–H and O–H groups in total. The van der Waals surface area contributed by atoms with Gasteiger partial charge < -0.3 is 10.1 Å². The molecule has 1 aliphatic heterocycles. The highest BCUT2D eigenvalue weighted by molar-refractivity contribution is 7.99. The number of hydrogen-bond acceptors (Lipinski definition) is 6. The summed E-state index contributed by atoms with van der Waals surface area (Å²) >= 11 is 1.24. The zero-order chi connectivity index (χ0) is 23.3. The van der Waals surface area contributed by atoms with Crippen molar-refractivity contribution in [2.24, 2.45) is 0 Å². The van der Waals surface area contributed by atoms with E-state index < -0.39 is 6.36 Å². The second-order valence-electron chi connectivity index (χ2n) is 7.46. The third-order valence-corrected chi connectivity index (χ3v) is 5.91. The van der Waals surface area contributed by atoms with Gasteiger partial charge in [-0.3, -0.25) is 14.3 Å². The number of rotatable bonds is 8. The number of para-hydroxylation sites is 1. The van der Waals surface area contributed by atoms with E-state index in [0.717, 1.165) is 36.7 Å². The van der Waals surface area contributed by atoms with Crippen LogP contribution < -0.4 is 10.1 Å². The topological polar surface area (TPSA) is 72.3 Å². The molecule has 0 saturated carbocycles. The summed E-state index contributed by atoms with van der Waals surface area (Å²) in [5.74, 6) is 0.214. The van der Waals surface area contributed by atoms with Gasteiger partial charge in [0.25, 0.3) is 0 Å². The average molecular weight is 478 g/mol. The number of carbonyl (C=O) groups excluding carboxylic acids is 1. The van der Waals surface area contributed by atoms with Crippen molar-refractivity contribution in [3.05, 3.63) is 60.4 Å². The van der Waals surface area contributed by atoms with E-state index in [1.807, 2.05) is 34.9 Å². The van der Waals surface area contributed by atoms with Crippen molar-refractivity contribution in [3.8, 4) is 11.4 Å². The molecule has 11 heteroatoms. The maximum absolute atomic E-state index is 12.4. The van der Waals surface area contributed by atoms with Crippen molar-refractivity contribution in [3.63, 3.8) is 0 Å². The summed E-state index contributed by atoms with van der Waals surface area (Å²) < 4.78 is 42.6. The molecule has 0 bridgehead atoms. The Hall–Kier alpha value is -3.05. The third kappa shape index (κ3) is 6.48. The van der Waals surface area contributed by atoms with Crippen LogP contribution in [0.25, 0.3) is 5.69 Å². The zero-order valence-corrected chi connectivity index (χ0v) is 18.4. The Morgan fingerprint density at radius 3 is 2.39 bits per heavy atom. The number of benzene rings is 2. The lowest BCUT2D eigenvalue weighted by atomic mass is 10.3. The predicted octanol–water partition coefficient (Wildman–Crippen LogP) is 4.49. The maximum atomic E-state index is 12.4. The van der Waals surface area contributed by atoms with E-state index in [1.165, 1.54) is 36.7 Å². The first-order valence-corrected chi connectivity index (χ1v) is 11.4. The normalized spacial score (nSPS) is 14.4. The summed E-state index contributed by atoms with van der Waals surface area (Å²) in [4.78, 5) is 14.8. The van der Waals surface area contributed by atoms with E-state index >= 15 is 0 Å². The van der Waals surface area contributed by atoms with Crippen LogP contribution in [-0.2, 0) is 11.3 Å². The first-order valence-electron chi connectivity index (χ1n) is 10.4. The Morgan fingerprint density at radius 1 is 1.03 bits per heavy atom. The average Bonchev–Trinajstić information content (AvgIpc) is 3.43. The Bertz CT molecular complexity index is 1070. The summed E-state index contributed by atoms with van der Waals surface area (Å²) in [6.45, 7) is 2.74. The van der Waals surface area contributed by atoms with E-state index in [-0.39, 0.29) is 17.4 Å². The number of nitrogens with zero attached hydrogens (tertiary/aromatic N) is 4. The van der Waals surface area contributed by atoms with Gasteiger partial charge >= 0.3 is 6.36 Å². The van der Waals surface area contributed by atoms with Crippen molar-refractivity contribution in [2.45, 2.75) is 30.9 Å². The molecule has 0 radical (unpaired) electrons. The molecule has 0 aliphatic carbocycles. The second-order valence-corrected chi connectivity index (χ2v) is 8.40. The number of aromatic nitrogens is 3. The SMILES string of the molecule is O=C(CSc1nnc(CN2CCCC2)n1-c1ccccc1)Nc1ccc(OC(F)(F)F)cc1. The zero-order valence-electron chi connectivity index (χ0n) is 17.6. The minimum Gasteiger partial charge on any atom is -0.406 e. The van der Waals surface area contributed by atoms with Gasteiger partial charge in [-0.2, -0.15) is 0 Å². The van der Waals surface area contributed by atoms with Crippen LogP contribution in [0.2, 0.25) is 0 Å². The fourth-order valence-electron chi connectivity index (χ4n) is 3.54. The van der Waals surface area contributed by atoms with Gasteiger partial charge in [0.2, 0.25) is 5.91 Å². The number of alkyl halides is 3. The Morgan fingerprint density at radius 2 is 1.73 bits per heavy atom. The summed E-state index contributed by atoms with van der Waals surface area (Å²) in [7, 11) is 0. The van der Waals surface area contributed by atoms with Crippen molar-refractivity contribution in [2.75, 3.05) is 24.2 Å². The molecule has 3 aromatic rings. The lowest BCUT2D eigenvalue weighted by molar-refractivity contribution is -0.274. The molecule has 2 aromatic carbocycles. The molecule has 0 unspecified atom stereocenters. The molecule has 174 valence electrons. The van der Waals surface area contributed by atoms with Crippen molar-refractivity contribution in [1.82, 2.24) is 19.7 Å². The van der Waals surface area contributed by atoms with E-state index in [9.17, 15) is 18.0 Å². The molecule has 1 aromatic heterocycles. The number of likely N-dealkylation sites (tertiary alicyclic amines) is 1. The van der Waals surface area contributed by atoms with Crippen molar-refractivity contribution < 1.29 is 22.7 Å². The molecular formula is C22H22F3N5O2S. The van der Waals surface area contributed by atoms with Gasteiger partial charge in [-0.15, -0.1) is 23.4 Å². The van der Waals surface area contributed by atoms with E-state index in [2.05, 4.69) is 25.2 Å². The Kier molecular flexibility index (Phi) is 7.19. The number of ether oxygens (including phenoxy) is 1. The van der Waals surface area contributed by atoms with Gasteiger partial charge in [-0.25, -0.2) is 0 Å². The third-order valence-electron chi connectivity index (χ3n) is 4.98. The highest BCUT2D eigenvalue weighted by Gasteiger charge is 2.31. The van der Waals surface area contributed by atoms with Crippen LogP contribution in [0.15, 0.2) is 59.8 Å². The number of thioether (sulfide) groups is 1. The molecule has 0 atom stereocenters. The van der Waals surface area contributed by atoms with Gasteiger partial charge in [0, 0.05) is 11.4 Å². The Balaban J connectivity index is 1.41. The van der Waals surface area contributed by atoms with E-state index in [0.29, 0.717) is 17.4 Å². The molecule has 7 nitrogen and oxygen atoms in total. The predicted molar refractivity (Wildman–Crippen MR) is 118 cm³/mol. The van der Waals surface area contributed by atoms with Crippen LogP contribution in [0.5, 0.6) is 5.75 Å². The number of carbonyl (C=O) groups is 1. The lowest BCUT2D eigenvalue weighted by Crippen LogP contribution is -2.21. The van der Waals surface area contributed by atoms with Gasteiger partial charge in [0.05, 0.1) is 12.3 Å². The molecule has 2 heterocycles. The molecular weight excluding hydrogens is 455 g/mol. The number of halogens is 3.